The van der Waals surface area contributed by atoms with Crippen molar-refractivity contribution in [1.82, 2.24) is 20.2 Å². The fourth-order valence-corrected chi connectivity index (χ4v) is 3.71. The molecular weight excluding hydrogens is 410 g/mol. The highest BCUT2D eigenvalue weighted by Crippen LogP contribution is 2.20. The maximum Gasteiger partial charge on any atom is 0.230 e. The molecule has 7 nitrogen and oxygen atoms in total. The van der Waals surface area contributed by atoms with E-state index >= 15 is 0 Å². The van der Waals surface area contributed by atoms with Crippen LogP contribution in [0.5, 0.6) is 5.75 Å². The molecular formula is C23H29N5O2S. The molecule has 1 heterocycles. The average molecular weight is 440 g/mol. The van der Waals surface area contributed by atoms with E-state index in [0.29, 0.717) is 23.4 Å². The first-order valence-corrected chi connectivity index (χ1v) is 11.3. The number of rotatable bonds is 10. The average Bonchev–Trinajstić information content (AvgIpc) is 3.12. The molecule has 0 aliphatic heterocycles. The Morgan fingerprint density at radius 1 is 1.16 bits per heavy atom. The van der Waals surface area contributed by atoms with Crippen LogP contribution in [0.4, 0.5) is 0 Å². The molecule has 0 radical (unpaired) electrons. The minimum atomic E-state index is -0.0652. The summed E-state index contributed by atoms with van der Waals surface area (Å²) in [4.78, 5) is 12.1. The highest BCUT2D eigenvalue weighted by molar-refractivity contribution is 7.99. The molecule has 0 spiro atoms. The number of amides is 1. The highest BCUT2D eigenvalue weighted by atomic mass is 32.2. The zero-order valence-electron chi connectivity index (χ0n) is 18.2. The first-order chi connectivity index (χ1) is 14.9. The third kappa shape index (κ3) is 6.49. The lowest BCUT2D eigenvalue weighted by molar-refractivity contribution is -0.118. The van der Waals surface area contributed by atoms with E-state index < -0.39 is 0 Å². The first-order valence-electron chi connectivity index (χ1n) is 10.3. The number of nitrogen functional groups attached to an aromatic ring is 1. The van der Waals surface area contributed by atoms with E-state index in [-0.39, 0.29) is 18.3 Å². The highest BCUT2D eigenvalue weighted by Gasteiger charge is 2.13. The van der Waals surface area contributed by atoms with Gasteiger partial charge in [0.1, 0.15) is 12.4 Å². The topological polar surface area (TPSA) is 95.1 Å². The summed E-state index contributed by atoms with van der Waals surface area (Å²) in [7, 11) is 0. The third-order valence-electron chi connectivity index (χ3n) is 4.96. The van der Waals surface area contributed by atoms with Gasteiger partial charge in [0.25, 0.3) is 0 Å². The molecule has 0 fully saturated rings. The van der Waals surface area contributed by atoms with Gasteiger partial charge >= 0.3 is 0 Å². The smallest absolute Gasteiger partial charge is 0.230 e. The summed E-state index contributed by atoms with van der Waals surface area (Å²) in [5, 5.41) is 11.6. The van der Waals surface area contributed by atoms with Crippen LogP contribution in [0.3, 0.4) is 0 Å². The quantitative estimate of drug-likeness (QED) is 0.371. The molecule has 31 heavy (non-hydrogen) atoms. The standard InChI is InChI=1S/C23H29N5O2S/c1-16(2)18-8-10-20(11-9-18)30-14-21-26-27-23(28(21)24)31-15-22(29)25-13-12-19-7-5-4-6-17(19)3/h4-11,16H,12-15,24H2,1-3H3,(H,25,29). The molecule has 164 valence electrons. The van der Waals surface area contributed by atoms with Crippen molar-refractivity contribution in [3.8, 4) is 5.75 Å². The van der Waals surface area contributed by atoms with Gasteiger partial charge in [-0.2, -0.15) is 0 Å². The van der Waals surface area contributed by atoms with Gasteiger partial charge in [-0.15, -0.1) is 10.2 Å². The lowest BCUT2D eigenvalue weighted by atomic mass is 10.0. The Morgan fingerprint density at radius 2 is 1.90 bits per heavy atom. The molecule has 0 aliphatic rings. The SMILES string of the molecule is Cc1ccccc1CCNC(=O)CSc1nnc(COc2ccc(C(C)C)cc2)n1N. The van der Waals surface area contributed by atoms with Crippen LogP contribution in [0.25, 0.3) is 0 Å². The largest absolute Gasteiger partial charge is 0.486 e. The number of nitrogens with two attached hydrogens (primary N) is 1. The van der Waals surface area contributed by atoms with Crippen molar-refractivity contribution in [2.24, 2.45) is 0 Å². The second-order valence-electron chi connectivity index (χ2n) is 7.60. The molecule has 0 bridgehead atoms. The number of aromatic nitrogens is 3. The molecule has 3 N–H and O–H groups in total. The predicted molar refractivity (Wildman–Crippen MR) is 124 cm³/mol. The predicted octanol–water partition coefficient (Wildman–Crippen LogP) is 3.45. The van der Waals surface area contributed by atoms with E-state index in [1.165, 1.54) is 33.1 Å². The summed E-state index contributed by atoms with van der Waals surface area (Å²) in [6.45, 7) is 7.16. The molecule has 2 aromatic carbocycles. The molecule has 0 atom stereocenters. The van der Waals surface area contributed by atoms with Crippen molar-refractivity contribution in [2.75, 3.05) is 18.1 Å². The molecule has 0 aliphatic carbocycles. The number of hydrogen-bond acceptors (Lipinski definition) is 6. The first kappa shape index (κ1) is 22.7. The fourth-order valence-electron chi connectivity index (χ4n) is 3.01. The van der Waals surface area contributed by atoms with Crippen molar-refractivity contribution >= 4 is 17.7 Å². The Morgan fingerprint density at radius 3 is 2.61 bits per heavy atom. The molecule has 3 aromatic rings. The van der Waals surface area contributed by atoms with Gasteiger partial charge in [-0.3, -0.25) is 4.79 Å². The number of ether oxygens (including phenoxy) is 1. The van der Waals surface area contributed by atoms with Crippen LogP contribution in [-0.4, -0.2) is 33.1 Å². The Bertz CT molecular complexity index is 1000. The zero-order valence-corrected chi connectivity index (χ0v) is 19.0. The Hall–Kier alpha value is -3.00. The normalized spacial score (nSPS) is 11.0. The van der Waals surface area contributed by atoms with Gasteiger partial charge < -0.3 is 15.9 Å². The van der Waals surface area contributed by atoms with E-state index in [1.54, 1.807) is 0 Å². The number of nitrogens with one attached hydrogen (secondary N) is 1. The molecule has 1 amide bonds. The van der Waals surface area contributed by atoms with Gasteiger partial charge in [0.05, 0.1) is 5.75 Å². The lowest BCUT2D eigenvalue weighted by Gasteiger charge is -2.09. The van der Waals surface area contributed by atoms with E-state index in [9.17, 15) is 4.79 Å². The van der Waals surface area contributed by atoms with Gasteiger partial charge in [0.2, 0.25) is 11.1 Å². The number of benzene rings is 2. The Balaban J connectivity index is 1.43. The summed E-state index contributed by atoms with van der Waals surface area (Å²) in [5.74, 6) is 7.94. The van der Waals surface area contributed by atoms with Gasteiger partial charge in [0.15, 0.2) is 5.82 Å². The van der Waals surface area contributed by atoms with Crippen LogP contribution >= 0.6 is 11.8 Å². The number of carbonyl (C=O) groups is 1. The number of aryl methyl sites for hydroxylation is 1. The van der Waals surface area contributed by atoms with Crippen LogP contribution in [0, 0.1) is 6.92 Å². The molecule has 8 heteroatoms. The molecule has 0 saturated heterocycles. The van der Waals surface area contributed by atoms with E-state index in [1.807, 2.05) is 36.4 Å². The number of thioether (sulfide) groups is 1. The minimum Gasteiger partial charge on any atom is -0.486 e. The summed E-state index contributed by atoms with van der Waals surface area (Å²) in [6.07, 6.45) is 0.801. The van der Waals surface area contributed by atoms with Crippen molar-refractivity contribution in [1.29, 1.82) is 0 Å². The summed E-state index contributed by atoms with van der Waals surface area (Å²) in [6, 6.07) is 16.1. The van der Waals surface area contributed by atoms with Crippen molar-refractivity contribution in [3.63, 3.8) is 0 Å². The zero-order chi connectivity index (χ0) is 22.2. The molecule has 0 saturated carbocycles. The number of nitrogens with zero attached hydrogens (tertiary/aromatic N) is 3. The van der Waals surface area contributed by atoms with Crippen molar-refractivity contribution < 1.29 is 9.53 Å². The summed E-state index contributed by atoms with van der Waals surface area (Å²) in [5.41, 5.74) is 3.72. The van der Waals surface area contributed by atoms with Crippen LogP contribution in [0.1, 0.15) is 42.3 Å². The van der Waals surface area contributed by atoms with Gasteiger partial charge in [-0.25, -0.2) is 4.68 Å². The van der Waals surface area contributed by atoms with Crippen molar-refractivity contribution in [2.45, 2.75) is 44.9 Å². The van der Waals surface area contributed by atoms with E-state index in [4.69, 9.17) is 10.6 Å². The lowest BCUT2D eigenvalue weighted by Crippen LogP contribution is -2.27. The molecule has 1 aromatic heterocycles. The van der Waals surface area contributed by atoms with E-state index in [0.717, 1.165) is 12.2 Å². The maximum atomic E-state index is 12.1. The van der Waals surface area contributed by atoms with Crippen LogP contribution in [-0.2, 0) is 17.8 Å². The summed E-state index contributed by atoms with van der Waals surface area (Å²) >= 11 is 1.25. The fraction of sp³-hybridized carbons (Fsp3) is 0.348. The van der Waals surface area contributed by atoms with Crippen LogP contribution in [0.2, 0.25) is 0 Å². The Labute approximate surface area is 187 Å². The maximum absolute atomic E-state index is 12.1. The van der Waals surface area contributed by atoms with Gasteiger partial charge in [-0.05, 0) is 48.1 Å². The van der Waals surface area contributed by atoms with E-state index in [2.05, 4.69) is 48.4 Å². The number of carbonyl (C=O) groups excluding carboxylic acids is 1. The minimum absolute atomic E-state index is 0.0652. The second-order valence-corrected chi connectivity index (χ2v) is 8.54. The number of hydrogen-bond donors (Lipinski definition) is 2. The van der Waals surface area contributed by atoms with Gasteiger partial charge in [-0.1, -0.05) is 62.0 Å². The van der Waals surface area contributed by atoms with Crippen molar-refractivity contribution in [3.05, 3.63) is 71.0 Å². The summed E-state index contributed by atoms with van der Waals surface area (Å²) < 4.78 is 7.13. The third-order valence-corrected chi connectivity index (χ3v) is 5.90. The molecule has 0 unspecified atom stereocenters. The van der Waals surface area contributed by atoms with Crippen LogP contribution < -0.4 is 15.9 Å². The van der Waals surface area contributed by atoms with Crippen LogP contribution in [0.15, 0.2) is 53.7 Å². The molecule has 3 rings (SSSR count). The second kappa shape index (κ2) is 10.9. The van der Waals surface area contributed by atoms with Gasteiger partial charge in [0, 0.05) is 6.54 Å². The Kier molecular flexibility index (Phi) is 7.94. The monoisotopic (exact) mass is 439 g/mol.